The van der Waals surface area contributed by atoms with E-state index in [1.54, 1.807) is 13.0 Å². The first-order valence-corrected chi connectivity index (χ1v) is 5.59. The summed E-state index contributed by atoms with van der Waals surface area (Å²) < 4.78 is 0. The molecule has 0 aliphatic carbocycles. The summed E-state index contributed by atoms with van der Waals surface area (Å²) in [5.74, 6) is 15.9. The van der Waals surface area contributed by atoms with E-state index in [0.29, 0.717) is 6.42 Å². The number of carbonyl (C=O) groups is 1. The molecule has 0 bridgehead atoms. The topological polar surface area (TPSA) is 17.1 Å². The van der Waals surface area contributed by atoms with Crippen molar-refractivity contribution < 1.29 is 4.79 Å². The molecule has 0 aromatic carbocycles. The Morgan fingerprint density at radius 1 is 0.941 bits per heavy atom. The van der Waals surface area contributed by atoms with Gasteiger partial charge in [-0.1, -0.05) is 30.1 Å². The molecule has 0 atom stereocenters. The number of unbranched alkanes of at least 4 members (excludes halogenated alkanes) is 3. The lowest BCUT2D eigenvalue weighted by molar-refractivity contribution is -0.107. The number of aldehydes is 1. The first-order chi connectivity index (χ1) is 8.41. The van der Waals surface area contributed by atoms with Gasteiger partial charge in [-0.25, -0.2) is 0 Å². The zero-order chi connectivity index (χ0) is 12.6. The van der Waals surface area contributed by atoms with Gasteiger partial charge in [0.2, 0.25) is 0 Å². The van der Waals surface area contributed by atoms with Crippen molar-refractivity contribution in [3.8, 4) is 35.5 Å². The van der Waals surface area contributed by atoms with Crippen LogP contribution in [0.25, 0.3) is 0 Å². The van der Waals surface area contributed by atoms with Crippen molar-refractivity contribution in [1.82, 2.24) is 0 Å². The molecular weight excluding hydrogens is 208 g/mol. The van der Waals surface area contributed by atoms with Gasteiger partial charge in [0.05, 0.1) is 0 Å². The molecule has 0 unspecified atom stereocenters. The van der Waals surface area contributed by atoms with Crippen molar-refractivity contribution in [3.05, 3.63) is 24.3 Å². The standard InChI is InChI=1S/C16H16O/c1-2-3-4-5-6-7-8-9-10-11-12-13-14-15-16-17/h8-11,16H,12-15H2,1H3/b9-8+,11-10+. The molecular formula is C16H16O. The van der Waals surface area contributed by atoms with Gasteiger partial charge >= 0.3 is 0 Å². The average Bonchev–Trinajstić information content (AvgIpc) is 2.35. The van der Waals surface area contributed by atoms with Crippen LogP contribution in [0.2, 0.25) is 0 Å². The fourth-order valence-electron chi connectivity index (χ4n) is 0.971. The van der Waals surface area contributed by atoms with Crippen LogP contribution in [0.5, 0.6) is 0 Å². The molecule has 17 heavy (non-hydrogen) atoms. The molecule has 1 heteroatoms. The molecule has 0 saturated heterocycles. The highest BCUT2D eigenvalue weighted by atomic mass is 16.1. The molecule has 1 nitrogen and oxygen atoms in total. The maximum atomic E-state index is 10.0. The number of allylic oxidation sites excluding steroid dienone is 4. The van der Waals surface area contributed by atoms with E-state index in [9.17, 15) is 4.79 Å². The summed E-state index contributed by atoms with van der Waals surface area (Å²) in [6.45, 7) is 1.74. The largest absolute Gasteiger partial charge is 0.303 e. The summed E-state index contributed by atoms with van der Waals surface area (Å²) in [5, 5.41) is 0. The molecule has 0 aliphatic heterocycles. The van der Waals surface area contributed by atoms with Crippen LogP contribution in [0.15, 0.2) is 24.3 Å². The minimum Gasteiger partial charge on any atom is -0.303 e. The lowest BCUT2D eigenvalue weighted by Gasteiger charge is -1.88. The summed E-state index contributed by atoms with van der Waals surface area (Å²) in [5.41, 5.74) is 0. The van der Waals surface area contributed by atoms with Crippen molar-refractivity contribution in [2.24, 2.45) is 0 Å². The van der Waals surface area contributed by atoms with Crippen LogP contribution < -0.4 is 0 Å². The maximum Gasteiger partial charge on any atom is 0.119 e. The molecule has 0 radical (unpaired) electrons. The smallest absolute Gasteiger partial charge is 0.119 e. The van der Waals surface area contributed by atoms with Gasteiger partial charge in [-0.15, -0.1) is 0 Å². The number of hydrogen-bond acceptors (Lipinski definition) is 1. The van der Waals surface area contributed by atoms with E-state index >= 15 is 0 Å². The fraction of sp³-hybridized carbons (Fsp3) is 0.312. The summed E-state index contributed by atoms with van der Waals surface area (Å²) in [6.07, 6.45) is 12.3. The second-order valence-electron chi connectivity index (χ2n) is 3.13. The molecule has 0 N–H and O–H groups in total. The molecule has 0 aromatic heterocycles. The van der Waals surface area contributed by atoms with Gasteiger partial charge in [-0.2, -0.15) is 0 Å². The lowest BCUT2D eigenvalue weighted by atomic mass is 10.2. The quantitative estimate of drug-likeness (QED) is 0.293. The van der Waals surface area contributed by atoms with Gasteiger partial charge in [0, 0.05) is 6.42 Å². The SMILES string of the molecule is CC#CC#CC#C/C=C/C=C/CCCCC=O. The van der Waals surface area contributed by atoms with Crippen molar-refractivity contribution >= 4 is 6.29 Å². The first-order valence-electron chi connectivity index (χ1n) is 5.59. The maximum absolute atomic E-state index is 10.0. The predicted octanol–water partition coefficient (Wildman–Crippen LogP) is 2.89. The van der Waals surface area contributed by atoms with E-state index < -0.39 is 0 Å². The third kappa shape index (κ3) is 13.8. The molecule has 0 aromatic rings. The van der Waals surface area contributed by atoms with Crippen molar-refractivity contribution in [2.75, 3.05) is 0 Å². The van der Waals surface area contributed by atoms with Gasteiger partial charge in [-0.05, 0) is 55.9 Å². The molecule has 0 rings (SSSR count). The Balaban J connectivity index is 3.65. The molecule has 0 saturated carbocycles. The lowest BCUT2D eigenvalue weighted by Crippen LogP contribution is -1.75. The van der Waals surface area contributed by atoms with Crippen molar-refractivity contribution in [1.29, 1.82) is 0 Å². The zero-order valence-electron chi connectivity index (χ0n) is 10.1. The Kier molecular flexibility index (Phi) is 12.1. The van der Waals surface area contributed by atoms with E-state index in [-0.39, 0.29) is 0 Å². The van der Waals surface area contributed by atoms with E-state index in [4.69, 9.17) is 0 Å². The van der Waals surface area contributed by atoms with Crippen LogP contribution in [0.4, 0.5) is 0 Å². The fourth-order valence-corrected chi connectivity index (χ4v) is 0.971. The normalized spacial score (nSPS) is 8.76. The minimum absolute atomic E-state index is 0.661. The molecule has 0 aliphatic rings. The van der Waals surface area contributed by atoms with Gasteiger partial charge in [-0.3, -0.25) is 0 Å². The molecule has 0 spiro atoms. The van der Waals surface area contributed by atoms with Gasteiger partial charge < -0.3 is 4.79 Å². The van der Waals surface area contributed by atoms with E-state index in [0.717, 1.165) is 25.5 Å². The van der Waals surface area contributed by atoms with E-state index in [2.05, 4.69) is 41.6 Å². The van der Waals surface area contributed by atoms with Crippen LogP contribution in [-0.4, -0.2) is 6.29 Å². The number of hydrogen-bond donors (Lipinski definition) is 0. The molecule has 0 amide bonds. The Morgan fingerprint density at radius 2 is 1.71 bits per heavy atom. The monoisotopic (exact) mass is 224 g/mol. The minimum atomic E-state index is 0.661. The highest BCUT2D eigenvalue weighted by molar-refractivity contribution is 5.48. The summed E-state index contributed by atoms with van der Waals surface area (Å²) in [4.78, 5) is 10.0. The van der Waals surface area contributed by atoms with Crippen LogP contribution in [0.3, 0.4) is 0 Å². The highest BCUT2D eigenvalue weighted by Crippen LogP contribution is 1.98. The Bertz CT molecular complexity index is 433. The average molecular weight is 224 g/mol. The highest BCUT2D eigenvalue weighted by Gasteiger charge is 1.82. The second kappa shape index (κ2) is 13.8. The number of rotatable bonds is 6. The first kappa shape index (κ1) is 14.8. The Labute approximate surface area is 104 Å². The van der Waals surface area contributed by atoms with Gasteiger partial charge in [0.15, 0.2) is 0 Å². The van der Waals surface area contributed by atoms with Crippen LogP contribution in [0, 0.1) is 35.5 Å². The van der Waals surface area contributed by atoms with Crippen molar-refractivity contribution in [2.45, 2.75) is 32.6 Å². The predicted molar refractivity (Wildman–Crippen MR) is 71.8 cm³/mol. The number of carbonyl (C=O) groups excluding carboxylic acids is 1. The van der Waals surface area contributed by atoms with Crippen LogP contribution >= 0.6 is 0 Å². The molecule has 0 fully saturated rings. The summed E-state index contributed by atoms with van der Waals surface area (Å²) in [6, 6.07) is 0. The third-order valence-corrected chi connectivity index (χ3v) is 1.75. The molecule has 0 heterocycles. The summed E-state index contributed by atoms with van der Waals surface area (Å²) >= 11 is 0. The third-order valence-electron chi connectivity index (χ3n) is 1.75. The van der Waals surface area contributed by atoms with E-state index in [1.807, 2.05) is 12.2 Å². The Morgan fingerprint density at radius 3 is 2.47 bits per heavy atom. The van der Waals surface area contributed by atoms with Gasteiger partial charge in [0.25, 0.3) is 0 Å². The van der Waals surface area contributed by atoms with Gasteiger partial charge in [0.1, 0.15) is 6.29 Å². The van der Waals surface area contributed by atoms with Crippen molar-refractivity contribution in [3.63, 3.8) is 0 Å². The zero-order valence-corrected chi connectivity index (χ0v) is 10.1. The molecule has 86 valence electrons. The Hall–Kier alpha value is -2.17. The van der Waals surface area contributed by atoms with Crippen LogP contribution in [0.1, 0.15) is 32.6 Å². The van der Waals surface area contributed by atoms with Crippen LogP contribution in [-0.2, 0) is 4.79 Å². The summed E-state index contributed by atoms with van der Waals surface area (Å²) in [7, 11) is 0. The second-order valence-corrected chi connectivity index (χ2v) is 3.13. The van der Waals surface area contributed by atoms with E-state index in [1.165, 1.54) is 0 Å².